The third-order valence-corrected chi connectivity index (χ3v) is 2.99. The number of phenols is 1. The molecule has 2 N–H and O–H groups in total. The maximum atomic E-state index is 12.8. The molecule has 2 rings (SSSR count). The number of hydrogen-bond donors (Lipinski definition) is 2. The monoisotopic (exact) mass is 304 g/mol. The second-order valence-electron chi connectivity index (χ2n) is 4.56. The lowest BCUT2D eigenvalue weighted by Gasteiger charge is -2.07. The number of aliphatic imine (C=N–C) groups is 1. The third-order valence-electron chi connectivity index (χ3n) is 2.99. The second-order valence-corrected chi connectivity index (χ2v) is 4.56. The van der Waals surface area contributed by atoms with E-state index >= 15 is 0 Å². The van der Waals surface area contributed by atoms with Crippen LogP contribution in [0, 0.1) is 15.9 Å². The van der Waals surface area contributed by atoms with Gasteiger partial charge in [-0.15, -0.1) is 0 Å². The van der Waals surface area contributed by atoms with Gasteiger partial charge in [-0.1, -0.05) is 12.1 Å². The zero-order valence-electron chi connectivity index (χ0n) is 11.4. The zero-order chi connectivity index (χ0) is 16.1. The van der Waals surface area contributed by atoms with Crippen LogP contribution in [0.2, 0.25) is 0 Å². The van der Waals surface area contributed by atoms with Gasteiger partial charge in [0.2, 0.25) is 0 Å². The first-order valence-electron chi connectivity index (χ1n) is 6.38. The molecule has 2 aromatic rings. The number of aromatic hydroxyl groups is 1. The molecule has 0 saturated carbocycles. The van der Waals surface area contributed by atoms with Crippen molar-refractivity contribution in [3.63, 3.8) is 0 Å². The van der Waals surface area contributed by atoms with Crippen molar-refractivity contribution in [2.24, 2.45) is 4.99 Å². The number of hydrogen-bond acceptors (Lipinski definition) is 5. The first-order chi connectivity index (χ1) is 10.5. The van der Waals surface area contributed by atoms with Crippen molar-refractivity contribution in [3.05, 3.63) is 69.5 Å². The molecule has 0 aliphatic carbocycles. The van der Waals surface area contributed by atoms with E-state index in [1.807, 2.05) is 0 Å². The maximum Gasteiger partial charge on any atom is 0.270 e. The highest BCUT2D eigenvalue weighted by atomic mass is 19.1. The van der Waals surface area contributed by atoms with E-state index < -0.39 is 16.8 Å². The largest absolute Gasteiger partial charge is 0.507 e. The highest BCUT2D eigenvalue weighted by molar-refractivity contribution is 5.84. The van der Waals surface area contributed by atoms with Crippen molar-refractivity contribution in [1.82, 2.24) is 0 Å². The predicted molar refractivity (Wildman–Crippen MR) is 78.6 cm³/mol. The Bertz CT molecular complexity index is 701. The molecule has 2 aromatic carbocycles. The Labute approximate surface area is 125 Å². The normalized spacial score (nSPS) is 12.5. The summed E-state index contributed by atoms with van der Waals surface area (Å²) in [5.74, 6) is -0.549. The van der Waals surface area contributed by atoms with Crippen molar-refractivity contribution in [2.45, 2.75) is 6.10 Å². The highest BCUT2D eigenvalue weighted by Crippen LogP contribution is 2.21. The van der Waals surface area contributed by atoms with E-state index in [0.29, 0.717) is 5.56 Å². The molecule has 0 amide bonds. The van der Waals surface area contributed by atoms with E-state index in [0.717, 1.165) is 0 Å². The minimum Gasteiger partial charge on any atom is -0.507 e. The molecule has 1 unspecified atom stereocenters. The molecule has 0 radical (unpaired) electrons. The number of nitro groups is 1. The van der Waals surface area contributed by atoms with Crippen LogP contribution >= 0.6 is 0 Å². The molecule has 0 bridgehead atoms. The average Bonchev–Trinajstić information content (AvgIpc) is 2.49. The van der Waals surface area contributed by atoms with Gasteiger partial charge < -0.3 is 10.2 Å². The standard InChI is InChI=1S/C15H13FN2O4/c16-12-3-1-10(2-4-12)15(20)9-17-8-11-7-13(18(21)22)5-6-14(11)19/h1-8,15,19-20H,9H2. The van der Waals surface area contributed by atoms with Gasteiger partial charge >= 0.3 is 0 Å². The Morgan fingerprint density at radius 3 is 2.59 bits per heavy atom. The first kappa shape index (κ1) is 15.6. The Balaban J connectivity index is 2.07. The number of phenolic OH excluding ortho intramolecular Hbond substituents is 1. The fraction of sp³-hybridized carbons (Fsp3) is 0.133. The van der Waals surface area contributed by atoms with Gasteiger partial charge in [0.05, 0.1) is 17.6 Å². The van der Waals surface area contributed by atoms with E-state index in [1.54, 1.807) is 0 Å². The summed E-state index contributed by atoms with van der Waals surface area (Å²) in [7, 11) is 0. The van der Waals surface area contributed by atoms with E-state index in [2.05, 4.69) is 4.99 Å². The highest BCUT2D eigenvalue weighted by Gasteiger charge is 2.09. The van der Waals surface area contributed by atoms with Crippen molar-refractivity contribution in [2.75, 3.05) is 6.54 Å². The lowest BCUT2D eigenvalue weighted by Crippen LogP contribution is -2.02. The number of benzene rings is 2. The first-order valence-corrected chi connectivity index (χ1v) is 6.38. The Morgan fingerprint density at radius 2 is 1.95 bits per heavy atom. The van der Waals surface area contributed by atoms with Crippen LogP contribution in [-0.2, 0) is 0 Å². The van der Waals surface area contributed by atoms with Crippen molar-refractivity contribution in [3.8, 4) is 5.75 Å². The number of aliphatic hydroxyl groups excluding tert-OH is 1. The molecular weight excluding hydrogens is 291 g/mol. The fourth-order valence-electron chi connectivity index (χ4n) is 1.80. The minimum absolute atomic E-state index is 0.0201. The van der Waals surface area contributed by atoms with Gasteiger partial charge in [-0.3, -0.25) is 15.1 Å². The summed E-state index contributed by atoms with van der Waals surface area (Å²) >= 11 is 0. The van der Waals surface area contributed by atoms with Crippen LogP contribution in [-0.4, -0.2) is 27.9 Å². The number of rotatable bonds is 5. The average molecular weight is 304 g/mol. The number of halogens is 1. The lowest BCUT2D eigenvalue weighted by molar-refractivity contribution is -0.384. The van der Waals surface area contributed by atoms with E-state index in [4.69, 9.17) is 0 Å². The molecule has 0 heterocycles. The van der Waals surface area contributed by atoms with Crippen LogP contribution in [0.25, 0.3) is 0 Å². The summed E-state index contributed by atoms with van der Waals surface area (Å²) in [5.41, 5.74) is 0.514. The number of nitro benzene ring substituents is 1. The lowest BCUT2D eigenvalue weighted by atomic mass is 10.1. The molecule has 0 aliphatic heterocycles. The van der Waals surface area contributed by atoms with E-state index in [9.17, 15) is 24.7 Å². The smallest absolute Gasteiger partial charge is 0.270 e. The summed E-state index contributed by atoms with van der Waals surface area (Å²) in [6.07, 6.45) is 0.312. The molecule has 0 fully saturated rings. The molecule has 0 spiro atoms. The molecule has 0 saturated heterocycles. The molecular formula is C15H13FN2O4. The van der Waals surface area contributed by atoms with Gasteiger partial charge in [0.15, 0.2) is 0 Å². The Hall–Kier alpha value is -2.80. The predicted octanol–water partition coefficient (Wildman–Crippen LogP) is 2.59. The zero-order valence-corrected chi connectivity index (χ0v) is 11.4. The summed E-state index contributed by atoms with van der Waals surface area (Å²) in [6, 6.07) is 8.92. The van der Waals surface area contributed by atoms with E-state index in [-0.39, 0.29) is 23.5 Å². The van der Waals surface area contributed by atoms with Crippen molar-refractivity contribution in [1.29, 1.82) is 0 Å². The van der Waals surface area contributed by atoms with E-state index in [1.165, 1.54) is 48.7 Å². The molecule has 1 atom stereocenters. The van der Waals surface area contributed by atoms with Gasteiger partial charge in [-0.25, -0.2) is 4.39 Å². The second kappa shape index (κ2) is 6.77. The molecule has 22 heavy (non-hydrogen) atoms. The summed E-state index contributed by atoms with van der Waals surface area (Å²) in [4.78, 5) is 14.0. The molecule has 6 nitrogen and oxygen atoms in total. The van der Waals surface area contributed by atoms with Crippen LogP contribution in [0.15, 0.2) is 47.5 Å². The van der Waals surface area contributed by atoms with Gasteiger partial charge in [-0.2, -0.15) is 0 Å². The maximum absolute atomic E-state index is 12.8. The third kappa shape index (κ3) is 3.86. The van der Waals surface area contributed by atoms with Gasteiger partial charge in [-0.05, 0) is 23.8 Å². The van der Waals surface area contributed by atoms with Crippen molar-refractivity contribution >= 4 is 11.9 Å². The Morgan fingerprint density at radius 1 is 1.27 bits per heavy atom. The minimum atomic E-state index is -0.933. The fourth-order valence-corrected chi connectivity index (χ4v) is 1.80. The molecule has 0 aromatic heterocycles. The van der Waals surface area contributed by atoms with Crippen LogP contribution in [0.3, 0.4) is 0 Å². The van der Waals surface area contributed by atoms with Crippen LogP contribution in [0.5, 0.6) is 5.75 Å². The summed E-state index contributed by atoms with van der Waals surface area (Å²) < 4.78 is 12.8. The SMILES string of the molecule is O=[N+]([O-])c1ccc(O)c(C=NCC(O)c2ccc(F)cc2)c1. The van der Waals surface area contributed by atoms with Gasteiger partial charge in [0, 0.05) is 23.9 Å². The van der Waals surface area contributed by atoms with Gasteiger partial charge in [0.25, 0.3) is 5.69 Å². The number of aliphatic hydroxyl groups is 1. The summed E-state index contributed by atoms with van der Waals surface area (Å²) in [5, 5.41) is 30.2. The van der Waals surface area contributed by atoms with Crippen LogP contribution < -0.4 is 0 Å². The molecule has 114 valence electrons. The molecule has 7 heteroatoms. The topological polar surface area (TPSA) is 96.0 Å². The number of non-ortho nitro benzene ring substituents is 1. The quantitative estimate of drug-likeness (QED) is 0.504. The Kier molecular flexibility index (Phi) is 4.80. The van der Waals surface area contributed by atoms with Crippen molar-refractivity contribution < 1.29 is 19.5 Å². The van der Waals surface area contributed by atoms with Gasteiger partial charge in [0.1, 0.15) is 11.6 Å². The van der Waals surface area contributed by atoms with Crippen LogP contribution in [0.4, 0.5) is 10.1 Å². The summed E-state index contributed by atoms with van der Waals surface area (Å²) in [6.45, 7) is -0.0201. The van der Waals surface area contributed by atoms with Crippen LogP contribution in [0.1, 0.15) is 17.2 Å². The molecule has 0 aliphatic rings. The number of nitrogens with zero attached hydrogens (tertiary/aromatic N) is 2.